The first-order chi connectivity index (χ1) is 7.49. The molecule has 1 saturated carbocycles. The Morgan fingerprint density at radius 1 is 1.25 bits per heavy atom. The number of hydrogen-bond acceptors (Lipinski definition) is 3. The van der Waals surface area contributed by atoms with Crippen LogP contribution in [0.1, 0.15) is 32.6 Å². The lowest BCUT2D eigenvalue weighted by Gasteiger charge is -2.39. The lowest BCUT2D eigenvalue weighted by Crippen LogP contribution is -2.52. The second kappa shape index (κ2) is 4.63. The molecule has 3 heteroatoms. The minimum Gasteiger partial charge on any atom is -0.324 e. The van der Waals surface area contributed by atoms with Crippen molar-refractivity contribution in [3.05, 3.63) is 0 Å². The summed E-state index contributed by atoms with van der Waals surface area (Å²) in [5.41, 5.74) is 6.44. The number of likely N-dealkylation sites (N-methyl/N-ethyl adjacent to an activating group) is 1. The Kier molecular flexibility index (Phi) is 3.57. The number of piperidine rings is 1. The summed E-state index contributed by atoms with van der Waals surface area (Å²) in [4.78, 5) is 4.93. The Bertz CT molecular complexity index is 227. The molecule has 0 aromatic rings. The van der Waals surface area contributed by atoms with E-state index < -0.39 is 0 Å². The number of likely N-dealkylation sites (tertiary alicyclic amines) is 1. The molecule has 1 heterocycles. The van der Waals surface area contributed by atoms with E-state index in [1.54, 1.807) is 0 Å². The van der Waals surface area contributed by atoms with E-state index in [4.69, 9.17) is 5.73 Å². The predicted molar refractivity (Wildman–Crippen MR) is 68.5 cm³/mol. The highest BCUT2D eigenvalue weighted by molar-refractivity contribution is 4.97. The lowest BCUT2D eigenvalue weighted by atomic mass is 9.94. The molecule has 94 valence electrons. The maximum Gasteiger partial charge on any atom is 0.0283 e. The Morgan fingerprint density at radius 2 is 1.81 bits per heavy atom. The largest absolute Gasteiger partial charge is 0.324 e. The molecule has 0 amide bonds. The quantitative estimate of drug-likeness (QED) is 0.779. The molecular formula is C13H27N3. The van der Waals surface area contributed by atoms with Gasteiger partial charge < -0.3 is 15.5 Å². The molecule has 1 unspecified atom stereocenters. The van der Waals surface area contributed by atoms with E-state index in [1.807, 2.05) is 0 Å². The Labute approximate surface area is 100.0 Å². The summed E-state index contributed by atoms with van der Waals surface area (Å²) >= 11 is 0. The zero-order valence-corrected chi connectivity index (χ0v) is 11.1. The minimum atomic E-state index is 0.0398. The number of hydrogen-bond donors (Lipinski definition) is 1. The smallest absolute Gasteiger partial charge is 0.0283 e. The monoisotopic (exact) mass is 225 g/mol. The van der Waals surface area contributed by atoms with E-state index in [2.05, 4.69) is 30.8 Å². The molecule has 0 spiro atoms. The summed E-state index contributed by atoms with van der Waals surface area (Å²) in [5.74, 6) is 0.779. The number of rotatable bonds is 4. The van der Waals surface area contributed by atoms with Gasteiger partial charge in [0, 0.05) is 18.1 Å². The standard InChI is InChI=1S/C13H27N3/c1-13(14,11-4-5-11)10-16(3)12-6-8-15(2)9-7-12/h11-12H,4-10,14H2,1-3H3. The van der Waals surface area contributed by atoms with Gasteiger partial charge in [0.15, 0.2) is 0 Å². The van der Waals surface area contributed by atoms with Crippen LogP contribution in [-0.4, -0.2) is 55.1 Å². The highest BCUT2D eigenvalue weighted by Gasteiger charge is 2.39. The van der Waals surface area contributed by atoms with Crippen molar-refractivity contribution in [3.8, 4) is 0 Å². The lowest BCUT2D eigenvalue weighted by molar-refractivity contribution is 0.119. The van der Waals surface area contributed by atoms with Crippen LogP contribution in [0.25, 0.3) is 0 Å². The van der Waals surface area contributed by atoms with Crippen molar-refractivity contribution < 1.29 is 0 Å². The number of nitrogens with zero attached hydrogens (tertiary/aromatic N) is 2. The summed E-state index contributed by atoms with van der Waals surface area (Å²) in [7, 11) is 4.47. The van der Waals surface area contributed by atoms with Gasteiger partial charge in [0.25, 0.3) is 0 Å². The van der Waals surface area contributed by atoms with Crippen LogP contribution in [-0.2, 0) is 0 Å². The summed E-state index contributed by atoms with van der Waals surface area (Å²) in [5, 5.41) is 0. The topological polar surface area (TPSA) is 32.5 Å². The highest BCUT2D eigenvalue weighted by atomic mass is 15.2. The molecular weight excluding hydrogens is 198 g/mol. The predicted octanol–water partition coefficient (Wildman–Crippen LogP) is 1.14. The normalized spacial score (nSPS) is 28.3. The van der Waals surface area contributed by atoms with Crippen LogP contribution in [0.4, 0.5) is 0 Å². The summed E-state index contributed by atoms with van der Waals surface area (Å²) in [6, 6.07) is 0.748. The molecule has 2 rings (SSSR count). The van der Waals surface area contributed by atoms with E-state index >= 15 is 0 Å². The molecule has 2 aliphatic rings. The third-order valence-corrected chi connectivity index (χ3v) is 4.41. The summed E-state index contributed by atoms with van der Waals surface area (Å²) < 4.78 is 0. The second-order valence-electron chi connectivity index (χ2n) is 6.23. The first kappa shape index (κ1) is 12.3. The Morgan fingerprint density at radius 3 is 2.31 bits per heavy atom. The van der Waals surface area contributed by atoms with Crippen molar-refractivity contribution in [2.75, 3.05) is 33.7 Å². The van der Waals surface area contributed by atoms with Gasteiger partial charge >= 0.3 is 0 Å². The third kappa shape index (κ3) is 2.96. The first-order valence-electron chi connectivity index (χ1n) is 6.67. The molecule has 16 heavy (non-hydrogen) atoms. The molecule has 0 bridgehead atoms. The molecule has 1 aliphatic heterocycles. The average Bonchev–Trinajstić information content (AvgIpc) is 3.01. The van der Waals surface area contributed by atoms with Crippen molar-refractivity contribution >= 4 is 0 Å². The van der Waals surface area contributed by atoms with Crippen LogP contribution in [0, 0.1) is 5.92 Å². The van der Waals surface area contributed by atoms with Crippen molar-refractivity contribution in [1.82, 2.24) is 9.80 Å². The van der Waals surface area contributed by atoms with Gasteiger partial charge in [-0.2, -0.15) is 0 Å². The van der Waals surface area contributed by atoms with Crippen molar-refractivity contribution in [2.24, 2.45) is 11.7 Å². The van der Waals surface area contributed by atoms with Gasteiger partial charge in [-0.15, -0.1) is 0 Å². The number of nitrogens with two attached hydrogens (primary N) is 1. The molecule has 2 fully saturated rings. The zero-order chi connectivity index (χ0) is 11.8. The fraction of sp³-hybridized carbons (Fsp3) is 1.00. The zero-order valence-electron chi connectivity index (χ0n) is 11.1. The van der Waals surface area contributed by atoms with Gasteiger partial charge in [0.2, 0.25) is 0 Å². The first-order valence-corrected chi connectivity index (χ1v) is 6.67. The van der Waals surface area contributed by atoms with Crippen LogP contribution < -0.4 is 5.73 Å². The van der Waals surface area contributed by atoms with Crippen LogP contribution in [0.2, 0.25) is 0 Å². The second-order valence-corrected chi connectivity index (χ2v) is 6.23. The van der Waals surface area contributed by atoms with Gasteiger partial charge in [-0.25, -0.2) is 0 Å². The Hall–Kier alpha value is -0.120. The molecule has 0 radical (unpaired) electrons. The average molecular weight is 225 g/mol. The summed E-state index contributed by atoms with van der Waals surface area (Å²) in [6.45, 7) is 5.77. The van der Waals surface area contributed by atoms with Gasteiger partial charge in [-0.1, -0.05) is 0 Å². The van der Waals surface area contributed by atoms with Gasteiger partial charge in [-0.05, 0) is 65.7 Å². The van der Waals surface area contributed by atoms with Gasteiger partial charge in [-0.3, -0.25) is 0 Å². The molecule has 2 N–H and O–H groups in total. The fourth-order valence-electron chi connectivity index (χ4n) is 2.97. The molecule has 3 nitrogen and oxygen atoms in total. The van der Waals surface area contributed by atoms with E-state index in [1.165, 1.54) is 38.8 Å². The van der Waals surface area contributed by atoms with Crippen LogP contribution >= 0.6 is 0 Å². The summed E-state index contributed by atoms with van der Waals surface area (Å²) in [6.07, 6.45) is 5.28. The van der Waals surface area contributed by atoms with Gasteiger partial charge in [0.1, 0.15) is 0 Å². The van der Waals surface area contributed by atoms with Crippen molar-refractivity contribution in [2.45, 2.75) is 44.2 Å². The SMILES string of the molecule is CN1CCC(N(C)CC(C)(N)C2CC2)CC1. The maximum atomic E-state index is 6.40. The van der Waals surface area contributed by atoms with Crippen LogP contribution in [0.15, 0.2) is 0 Å². The maximum absolute atomic E-state index is 6.40. The van der Waals surface area contributed by atoms with E-state index in [9.17, 15) is 0 Å². The van der Waals surface area contributed by atoms with Gasteiger partial charge in [0.05, 0.1) is 0 Å². The minimum absolute atomic E-state index is 0.0398. The molecule has 1 aliphatic carbocycles. The molecule has 1 atom stereocenters. The fourth-order valence-corrected chi connectivity index (χ4v) is 2.97. The van der Waals surface area contributed by atoms with Crippen LogP contribution in [0.5, 0.6) is 0 Å². The molecule has 0 aromatic carbocycles. The van der Waals surface area contributed by atoms with E-state index in [-0.39, 0.29) is 5.54 Å². The van der Waals surface area contributed by atoms with Crippen LogP contribution in [0.3, 0.4) is 0 Å². The van der Waals surface area contributed by atoms with E-state index in [0.717, 1.165) is 18.5 Å². The van der Waals surface area contributed by atoms with E-state index in [0.29, 0.717) is 0 Å². The molecule has 1 saturated heterocycles. The van der Waals surface area contributed by atoms with Crippen molar-refractivity contribution in [1.29, 1.82) is 0 Å². The Balaban J connectivity index is 1.80. The third-order valence-electron chi connectivity index (χ3n) is 4.41. The molecule has 0 aromatic heterocycles. The highest BCUT2D eigenvalue weighted by Crippen LogP contribution is 2.38. The van der Waals surface area contributed by atoms with Crippen molar-refractivity contribution in [3.63, 3.8) is 0 Å².